The quantitative estimate of drug-likeness (QED) is 0.523. The zero-order valence-corrected chi connectivity index (χ0v) is 21.6. The summed E-state index contributed by atoms with van der Waals surface area (Å²) < 4.78 is 36.0. The van der Waals surface area contributed by atoms with E-state index in [1.807, 2.05) is 49.1 Å². The molecule has 0 unspecified atom stereocenters. The molecule has 0 bridgehead atoms. The molecule has 4 aliphatic rings. The fourth-order valence-corrected chi connectivity index (χ4v) is 5.83. The summed E-state index contributed by atoms with van der Waals surface area (Å²) in [7, 11) is 0. The largest absolute Gasteiger partial charge is 0.460 e. The van der Waals surface area contributed by atoms with E-state index in [2.05, 4.69) is 0 Å². The highest BCUT2D eigenvalue weighted by Gasteiger charge is 2.66. The maximum atomic E-state index is 12.9. The maximum absolute atomic E-state index is 12.9. The van der Waals surface area contributed by atoms with E-state index in [9.17, 15) is 9.59 Å². The van der Waals surface area contributed by atoms with Gasteiger partial charge in [0, 0.05) is 24.6 Å². The van der Waals surface area contributed by atoms with Crippen molar-refractivity contribution in [3.05, 3.63) is 35.9 Å². The van der Waals surface area contributed by atoms with Gasteiger partial charge < -0.3 is 33.3 Å². The Hall–Kier alpha value is -2.04. The second-order valence-corrected chi connectivity index (χ2v) is 11.0. The van der Waals surface area contributed by atoms with Gasteiger partial charge in [-0.25, -0.2) is 0 Å². The van der Waals surface area contributed by atoms with E-state index in [1.165, 1.54) is 0 Å². The number of fused-ring (bicyclic) bond motifs is 3. The number of amides is 1. The van der Waals surface area contributed by atoms with Crippen LogP contribution in [0.1, 0.15) is 70.2 Å². The van der Waals surface area contributed by atoms with Gasteiger partial charge in [0.15, 0.2) is 11.6 Å². The smallest absolute Gasteiger partial charge is 0.305 e. The molecule has 5 atom stereocenters. The lowest BCUT2D eigenvalue weighted by Gasteiger charge is -2.40. The highest BCUT2D eigenvalue weighted by Crippen LogP contribution is 2.47. The Balaban J connectivity index is 1.13. The summed E-state index contributed by atoms with van der Waals surface area (Å²) in [5, 5.41) is 0. The summed E-state index contributed by atoms with van der Waals surface area (Å²) in [6, 6.07) is 9.49. The number of hydrogen-bond donors (Lipinski definition) is 0. The number of benzene rings is 1. The molecular weight excluding hydrogens is 466 g/mol. The van der Waals surface area contributed by atoms with Crippen molar-refractivity contribution in [2.24, 2.45) is 0 Å². The summed E-state index contributed by atoms with van der Waals surface area (Å²) in [6.45, 7) is 8.24. The van der Waals surface area contributed by atoms with E-state index >= 15 is 0 Å². The number of rotatable bonds is 7. The van der Waals surface area contributed by atoms with E-state index < -0.39 is 23.5 Å². The van der Waals surface area contributed by atoms with E-state index in [-0.39, 0.29) is 49.8 Å². The Bertz CT molecular complexity index is 966. The van der Waals surface area contributed by atoms with Crippen molar-refractivity contribution in [1.82, 2.24) is 4.90 Å². The summed E-state index contributed by atoms with van der Waals surface area (Å²) in [6.07, 6.45) is 2.33. The number of esters is 1. The second-order valence-electron chi connectivity index (χ2n) is 11.0. The molecule has 0 N–H and O–H groups in total. The van der Waals surface area contributed by atoms with Gasteiger partial charge in [0.2, 0.25) is 5.79 Å². The summed E-state index contributed by atoms with van der Waals surface area (Å²) in [5.74, 6) is -3.18. The van der Waals surface area contributed by atoms with E-state index in [1.54, 1.807) is 13.8 Å². The molecule has 9 nitrogen and oxygen atoms in total. The number of carbonyl (C=O) groups is 2. The molecule has 1 aromatic rings. The molecule has 1 aromatic carbocycles. The first-order chi connectivity index (χ1) is 17.1. The minimum absolute atomic E-state index is 0.0563. The first-order valence-corrected chi connectivity index (χ1v) is 13.0. The Morgan fingerprint density at radius 2 is 1.83 bits per heavy atom. The minimum atomic E-state index is -1.24. The van der Waals surface area contributed by atoms with Crippen LogP contribution in [0, 0.1) is 0 Å². The Kier molecular flexibility index (Phi) is 6.89. The van der Waals surface area contributed by atoms with Gasteiger partial charge in [0.25, 0.3) is 5.91 Å². The van der Waals surface area contributed by atoms with Gasteiger partial charge in [-0.3, -0.25) is 9.59 Å². The van der Waals surface area contributed by atoms with Gasteiger partial charge in [-0.1, -0.05) is 18.2 Å². The Labute approximate surface area is 212 Å². The third-order valence-corrected chi connectivity index (χ3v) is 7.29. The Morgan fingerprint density at radius 1 is 1.06 bits per heavy atom. The maximum Gasteiger partial charge on any atom is 0.305 e. The van der Waals surface area contributed by atoms with Crippen LogP contribution >= 0.6 is 0 Å². The molecule has 198 valence electrons. The molecule has 0 radical (unpaired) electrons. The first kappa shape index (κ1) is 25.6. The zero-order chi connectivity index (χ0) is 25.6. The van der Waals surface area contributed by atoms with E-state index in [0.29, 0.717) is 12.0 Å². The van der Waals surface area contributed by atoms with Crippen molar-refractivity contribution in [3.8, 4) is 0 Å². The summed E-state index contributed by atoms with van der Waals surface area (Å²) in [5.41, 5.74) is 0.703. The molecule has 0 aromatic heterocycles. The Morgan fingerprint density at radius 3 is 2.61 bits per heavy atom. The standard InChI is InChI=1S/C27H37NO8/c1-25(2)33-20-16-32-27(23(22(20)34-25)35-26(3,4)36-27)17-31-21(29)14-8-12-19-13-9-15-28(19)24(30)18-10-6-5-7-11-18/h5-7,10-11,19-20,22-23H,8-9,12-17H2,1-4H3/t19-,20-,22-,23+,27+/m1/s1. The molecule has 1 amide bonds. The van der Waals surface area contributed by atoms with Gasteiger partial charge in [0.1, 0.15) is 24.9 Å². The van der Waals surface area contributed by atoms with Crippen LogP contribution in [0.4, 0.5) is 0 Å². The van der Waals surface area contributed by atoms with Crippen LogP contribution in [-0.2, 0) is 33.2 Å². The number of likely N-dealkylation sites (tertiary alicyclic amines) is 1. The monoisotopic (exact) mass is 503 g/mol. The van der Waals surface area contributed by atoms with E-state index in [4.69, 9.17) is 28.4 Å². The van der Waals surface area contributed by atoms with Crippen LogP contribution in [0.15, 0.2) is 30.3 Å². The highest BCUT2D eigenvalue weighted by molar-refractivity contribution is 5.94. The third-order valence-electron chi connectivity index (χ3n) is 7.29. The van der Waals surface area contributed by atoms with Crippen molar-refractivity contribution >= 4 is 11.9 Å². The number of nitrogens with zero attached hydrogens (tertiary/aromatic N) is 1. The molecular formula is C27H37NO8. The molecule has 4 heterocycles. The zero-order valence-electron chi connectivity index (χ0n) is 21.6. The fourth-order valence-electron chi connectivity index (χ4n) is 5.83. The first-order valence-electron chi connectivity index (χ1n) is 13.0. The minimum Gasteiger partial charge on any atom is -0.460 e. The fraction of sp³-hybridized carbons (Fsp3) is 0.704. The van der Waals surface area contributed by atoms with Crippen molar-refractivity contribution in [2.75, 3.05) is 19.8 Å². The van der Waals surface area contributed by atoms with Gasteiger partial charge in [-0.2, -0.15) is 0 Å². The van der Waals surface area contributed by atoms with Gasteiger partial charge in [0.05, 0.1) is 6.61 Å². The molecule has 9 heteroatoms. The van der Waals surface area contributed by atoms with Gasteiger partial charge >= 0.3 is 5.97 Å². The lowest BCUT2D eigenvalue weighted by atomic mass is 9.97. The van der Waals surface area contributed by atoms with Crippen LogP contribution in [0.5, 0.6) is 0 Å². The predicted octanol–water partition coefficient (Wildman–Crippen LogP) is 3.40. The van der Waals surface area contributed by atoms with Crippen molar-refractivity contribution in [2.45, 2.75) is 102 Å². The lowest BCUT2D eigenvalue weighted by molar-refractivity contribution is -0.296. The lowest BCUT2D eigenvalue weighted by Crippen LogP contribution is -2.60. The summed E-state index contributed by atoms with van der Waals surface area (Å²) >= 11 is 0. The molecule has 4 fully saturated rings. The molecule has 5 rings (SSSR count). The van der Waals surface area contributed by atoms with Crippen molar-refractivity contribution < 1.29 is 38.0 Å². The highest BCUT2D eigenvalue weighted by atomic mass is 16.9. The van der Waals surface area contributed by atoms with Gasteiger partial charge in [-0.05, 0) is 65.5 Å². The normalized spacial score (nSPS) is 34.3. The summed E-state index contributed by atoms with van der Waals surface area (Å²) in [4.78, 5) is 27.5. The molecule has 4 aliphatic heterocycles. The van der Waals surface area contributed by atoms with Crippen LogP contribution in [0.3, 0.4) is 0 Å². The number of hydrogen-bond acceptors (Lipinski definition) is 8. The average molecular weight is 504 g/mol. The SMILES string of the molecule is CC1(C)O[C@@H]2[C@@H](CO[C@@]3(COC(=O)CCC[C@@H]4CCCN4C(=O)c4ccccc4)OC(C)(C)O[C@@H]23)O1. The third kappa shape index (κ3) is 5.17. The molecule has 4 saturated heterocycles. The molecule has 0 aliphatic carbocycles. The predicted molar refractivity (Wildman–Crippen MR) is 128 cm³/mol. The van der Waals surface area contributed by atoms with E-state index in [0.717, 1.165) is 25.8 Å². The van der Waals surface area contributed by atoms with Crippen LogP contribution in [0.25, 0.3) is 0 Å². The average Bonchev–Trinajstić information content (AvgIpc) is 3.50. The van der Waals surface area contributed by atoms with Crippen molar-refractivity contribution in [1.29, 1.82) is 0 Å². The second kappa shape index (κ2) is 9.68. The topological polar surface area (TPSA) is 92.8 Å². The molecule has 0 spiro atoms. The number of carbonyl (C=O) groups excluding carboxylic acids is 2. The number of ether oxygens (including phenoxy) is 6. The molecule has 36 heavy (non-hydrogen) atoms. The van der Waals surface area contributed by atoms with Crippen LogP contribution < -0.4 is 0 Å². The van der Waals surface area contributed by atoms with Crippen LogP contribution in [-0.4, -0.2) is 78.2 Å². The van der Waals surface area contributed by atoms with Crippen molar-refractivity contribution in [3.63, 3.8) is 0 Å². The van der Waals surface area contributed by atoms with Crippen LogP contribution in [0.2, 0.25) is 0 Å². The molecule has 0 saturated carbocycles. The van der Waals surface area contributed by atoms with Gasteiger partial charge in [-0.15, -0.1) is 0 Å².